The summed E-state index contributed by atoms with van der Waals surface area (Å²) in [5, 5.41) is 0. The average Bonchev–Trinajstić information content (AvgIpc) is 2.31. The number of amides is 1. The lowest BCUT2D eigenvalue weighted by Gasteiger charge is -2.21. The van der Waals surface area contributed by atoms with Gasteiger partial charge in [-0.25, -0.2) is 9.37 Å². The van der Waals surface area contributed by atoms with E-state index in [2.05, 4.69) is 4.98 Å². The van der Waals surface area contributed by atoms with Crippen molar-refractivity contribution in [3.8, 4) is 0 Å². The highest BCUT2D eigenvalue weighted by Crippen LogP contribution is 2.12. The standard InChI is InChI=1S/C12H16F2N2O/c1-3-7-16(8-4-2)12(17)9-5-6-15-11(14)10(9)13/h5-6H,3-4,7-8H2,1-2H3. The molecule has 0 saturated heterocycles. The Labute approximate surface area is 99.5 Å². The van der Waals surface area contributed by atoms with Crippen molar-refractivity contribution in [2.24, 2.45) is 0 Å². The van der Waals surface area contributed by atoms with Crippen molar-refractivity contribution in [3.63, 3.8) is 0 Å². The molecule has 0 aliphatic rings. The van der Waals surface area contributed by atoms with Crippen LogP contribution in [0.5, 0.6) is 0 Å². The van der Waals surface area contributed by atoms with Gasteiger partial charge in [0.15, 0.2) is 5.82 Å². The first kappa shape index (κ1) is 13.5. The van der Waals surface area contributed by atoms with Gasteiger partial charge in [0, 0.05) is 19.3 Å². The molecule has 17 heavy (non-hydrogen) atoms. The summed E-state index contributed by atoms with van der Waals surface area (Å²) in [4.78, 5) is 16.7. The van der Waals surface area contributed by atoms with Crippen molar-refractivity contribution < 1.29 is 13.6 Å². The number of rotatable bonds is 5. The number of hydrogen-bond acceptors (Lipinski definition) is 2. The predicted octanol–water partition coefficient (Wildman–Crippen LogP) is 2.62. The Balaban J connectivity index is 2.96. The highest BCUT2D eigenvalue weighted by Gasteiger charge is 2.20. The third-order valence-electron chi connectivity index (χ3n) is 2.35. The van der Waals surface area contributed by atoms with Gasteiger partial charge in [0.1, 0.15) is 0 Å². The Bertz CT molecular complexity index is 390. The Kier molecular flexibility index (Phi) is 5.00. The monoisotopic (exact) mass is 242 g/mol. The maximum Gasteiger partial charge on any atom is 0.257 e. The van der Waals surface area contributed by atoms with E-state index in [9.17, 15) is 13.6 Å². The van der Waals surface area contributed by atoms with Gasteiger partial charge in [-0.05, 0) is 18.9 Å². The Morgan fingerprint density at radius 1 is 1.29 bits per heavy atom. The van der Waals surface area contributed by atoms with Gasteiger partial charge in [0.25, 0.3) is 5.91 Å². The number of pyridine rings is 1. The van der Waals surface area contributed by atoms with E-state index >= 15 is 0 Å². The zero-order chi connectivity index (χ0) is 12.8. The minimum absolute atomic E-state index is 0.251. The summed E-state index contributed by atoms with van der Waals surface area (Å²) in [6.07, 6.45) is 2.66. The predicted molar refractivity (Wildman–Crippen MR) is 60.6 cm³/mol. The molecule has 1 aromatic heterocycles. The van der Waals surface area contributed by atoms with Crippen molar-refractivity contribution in [2.75, 3.05) is 13.1 Å². The smallest absolute Gasteiger partial charge is 0.257 e. The number of carbonyl (C=O) groups is 1. The minimum atomic E-state index is -1.23. The fourth-order valence-corrected chi connectivity index (χ4v) is 1.61. The van der Waals surface area contributed by atoms with Gasteiger partial charge in [0.05, 0.1) is 5.56 Å². The molecule has 0 radical (unpaired) electrons. The highest BCUT2D eigenvalue weighted by molar-refractivity contribution is 5.94. The number of carbonyl (C=O) groups excluding carboxylic acids is 1. The van der Waals surface area contributed by atoms with E-state index in [1.165, 1.54) is 11.0 Å². The van der Waals surface area contributed by atoms with Gasteiger partial charge in [-0.1, -0.05) is 13.8 Å². The summed E-state index contributed by atoms with van der Waals surface area (Å²) in [5.41, 5.74) is -0.251. The summed E-state index contributed by atoms with van der Waals surface area (Å²) in [7, 11) is 0. The molecule has 0 atom stereocenters. The molecule has 0 fully saturated rings. The molecule has 0 saturated carbocycles. The van der Waals surface area contributed by atoms with E-state index in [0.29, 0.717) is 13.1 Å². The quantitative estimate of drug-likeness (QED) is 0.744. The van der Waals surface area contributed by atoms with Crippen LogP contribution in [-0.4, -0.2) is 28.9 Å². The molecule has 1 aromatic rings. The van der Waals surface area contributed by atoms with Crippen LogP contribution >= 0.6 is 0 Å². The van der Waals surface area contributed by atoms with Gasteiger partial charge in [-0.2, -0.15) is 4.39 Å². The van der Waals surface area contributed by atoms with Gasteiger partial charge in [-0.3, -0.25) is 4.79 Å². The fourth-order valence-electron chi connectivity index (χ4n) is 1.61. The molecule has 0 aromatic carbocycles. The van der Waals surface area contributed by atoms with Crippen LogP contribution in [0.15, 0.2) is 12.3 Å². The molecule has 1 heterocycles. The normalized spacial score (nSPS) is 10.4. The summed E-state index contributed by atoms with van der Waals surface area (Å²) in [5.74, 6) is -2.88. The molecule has 0 spiro atoms. The van der Waals surface area contributed by atoms with Crippen molar-refractivity contribution in [1.29, 1.82) is 0 Å². The second-order valence-corrected chi connectivity index (χ2v) is 3.76. The molecular weight excluding hydrogens is 226 g/mol. The molecule has 0 bridgehead atoms. The van der Waals surface area contributed by atoms with E-state index in [4.69, 9.17) is 0 Å². The van der Waals surface area contributed by atoms with Crippen LogP contribution in [0, 0.1) is 11.8 Å². The number of halogens is 2. The van der Waals surface area contributed by atoms with E-state index in [1.807, 2.05) is 13.8 Å². The fraction of sp³-hybridized carbons (Fsp3) is 0.500. The van der Waals surface area contributed by atoms with Gasteiger partial charge >= 0.3 is 0 Å². The van der Waals surface area contributed by atoms with Gasteiger partial charge < -0.3 is 4.90 Å². The largest absolute Gasteiger partial charge is 0.339 e. The second-order valence-electron chi connectivity index (χ2n) is 3.76. The molecule has 3 nitrogen and oxygen atoms in total. The molecule has 1 amide bonds. The average molecular weight is 242 g/mol. The zero-order valence-corrected chi connectivity index (χ0v) is 10.0. The lowest BCUT2D eigenvalue weighted by Crippen LogP contribution is -2.33. The Morgan fingerprint density at radius 2 is 1.88 bits per heavy atom. The zero-order valence-electron chi connectivity index (χ0n) is 10.0. The first-order chi connectivity index (χ1) is 8.11. The topological polar surface area (TPSA) is 33.2 Å². The van der Waals surface area contributed by atoms with Crippen molar-refractivity contribution in [1.82, 2.24) is 9.88 Å². The third kappa shape index (κ3) is 3.22. The number of aromatic nitrogens is 1. The van der Waals surface area contributed by atoms with Crippen molar-refractivity contribution in [3.05, 3.63) is 29.6 Å². The molecule has 0 N–H and O–H groups in total. The molecule has 0 aliphatic heterocycles. The van der Waals surface area contributed by atoms with Crippen molar-refractivity contribution in [2.45, 2.75) is 26.7 Å². The molecule has 1 rings (SSSR count). The molecule has 94 valence electrons. The molecule has 0 aliphatic carbocycles. The maximum atomic E-state index is 13.4. The Morgan fingerprint density at radius 3 is 2.41 bits per heavy atom. The SMILES string of the molecule is CCCN(CCC)C(=O)c1ccnc(F)c1F. The van der Waals surface area contributed by atoms with Crippen LogP contribution < -0.4 is 0 Å². The Hall–Kier alpha value is -1.52. The molecule has 5 heteroatoms. The van der Waals surface area contributed by atoms with E-state index in [0.717, 1.165) is 19.0 Å². The highest BCUT2D eigenvalue weighted by atomic mass is 19.2. The van der Waals surface area contributed by atoms with Gasteiger partial charge in [-0.15, -0.1) is 0 Å². The number of hydrogen-bond donors (Lipinski definition) is 0. The van der Waals surface area contributed by atoms with E-state index < -0.39 is 17.7 Å². The third-order valence-corrected chi connectivity index (χ3v) is 2.35. The van der Waals surface area contributed by atoms with Crippen LogP contribution in [0.1, 0.15) is 37.0 Å². The van der Waals surface area contributed by atoms with Crippen LogP contribution in [0.3, 0.4) is 0 Å². The van der Waals surface area contributed by atoms with Gasteiger partial charge in [0.2, 0.25) is 5.95 Å². The maximum absolute atomic E-state index is 13.4. The lowest BCUT2D eigenvalue weighted by molar-refractivity contribution is 0.0749. The summed E-state index contributed by atoms with van der Waals surface area (Å²) >= 11 is 0. The molecule has 0 unspecified atom stereocenters. The molecular formula is C12H16F2N2O. The van der Waals surface area contributed by atoms with Crippen LogP contribution in [-0.2, 0) is 0 Å². The minimum Gasteiger partial charge on any atom is -0.339 e. The summed E-state index contributed by atoms with van der Waals surface area (Å²) in [6.45, 7) is 4.94. The van der Waals surface area contributed by atoms with Crippen molar-refractivity contribution >= 4 is 5.91 Å². The lowest BCUT2D eigenvalue weighted by atomic mass is 10.2. The number of nitrogens with zero attached hydrogens (tertiary/aromatic N) is 2. The summed E-state index contributed by atoms with van der Waals surface area (Å²) in [6, 6.07) is 1.21. The second kappa shape index (κ2) is 6.27. The van der Waals surface area contributed by atoms with Crippen LogP contribution in [0.25, 0.3) is 0 Å². The summed E-state index contributed by atoms with van der Waals surface area (Å²) < 4.78 is 26.3. The van der Waals surface area contributed by atoms with Crippen LogP contribution in [0.2, 0.25) is 0 Å². The first-order valence-electron chi connectivity index (χ1n) is 5.71. The van der Waals surface area contributed by atoms with E-state index in [-0.39, 0.29) is 5.56 Å². The van der Waals surface area contributed by atoms with E-state index in [1.54, 1.807) is 0 Å². The first-order valence-corrected chi connectivity index (χ1v) is 5.71. The van der Waals surface area contributed by atoms with Crippen LogP contribution in [0.4, 0.5) is 8.78 Å².